The molecule has 1 aromatic carbocycles. The van der Waals surface area contributed by atoms with Crippen LogP contribution in [0.2, 0.25) is 5.02 Å². The third-order valence-electron chi connectivity index (χ3n) is 4.45. The highest BCUT2D eigenvalue weighted by molar-refractivity contribution is 8.01. The van der Waals surface area contributed by atoms with Gasteiger partial charge in [-0.15, -0.1) is 11.8 Å². The first kappa shape index (κ1) is 20.9. The Morgan fingerprint density at radius 1 is 1.39 bits per heavy atom. The molecule has 1 saturated carbocycles. The lowest BCUT2D eigenvalue weighted by Crippen LogP contribution is -2.46. The molecule has 0 radical (unpaired) electrons. The van der Waals surface area contributed by atoms with Gasteiger partial charge in [0.2, 0.25) is 0 Å². The fourth-order valence-corrected chi connectivity index (χ4v) is 5.04. The number of carboxylic acid groups (broad SMARTS) is 1. The topological polar surface area (TPSA) is 73.7 Å². The van der Waals surface area contributed by atoms with Crippen molar-refractivity contribution in [2.45, 2.75) is 35.9 Å². The lowest BCUT2D eigenvalue weighted by molar-refractivity contribution is -0.133. The van der Waals surface area contributed by atoms with Crippen LogP contribution >= 0.6 is 34.7 Å². The molecule has 1 aliphatic carbocycles. The molecule has 0 unspecified atom stereocenters. The van der Waals surface area contributed by atoms with E-state index >= 15 is 0 Å². The molecule has 150 valence electrons. The van der Waals surface area contributed by atoms with E-state index in [2.05, 4.69) is 4.98 Å². The van der Waals surface area contributed by atoms with Crippen molar-refractivity contribution in [3.05, 3.63) is 35.2 Å². The Morgan fingerprint density at radius 3 is 2.75 bits per heavy atom. The molecule has 0 aliphatic heterocycles. The van der Waals surface area contributed by atoms with Gasteiger partial charge in [-0.3, -0.25) is 14.6 Å². The highest BCUT2D eigenvalue weighted by Crippen LogP contribution is 2.36. The van der Waals surface area contributed by atoms with Crippen molar-refractivity contribution in [1.82, 2.24) is 4.98 Å². The molecule has 2 amide bonds. The lowest BCUT2D eigenvalue weighted by atomic mass is 10.2. The SMILES string of the molecule is CN(C(=O)N(c1ccc(F)cc1Cl)C1CCCC1)c1ncc(SCC(=O)O)s1. The summed E-state index contributed by atoms with van der Waals surface area (Å²) in [4.78, 5) is 31.3. The summed E-state index contributed by atoms with van der Waals surface area (Å²) < 4.78 is 14.2. The predicted octanol–water partition coefficient (Wildman–Crippen LogP) is 5.12. The van der Waals surface area contributed by atoms with Gasteiger partial charge in [0, 0.05) is 13.1 Å². The molecular weight excluding hydrogens is 425 g/mol. The van der Waals surface area contributed by atoms with Crippen molar-refractivity contribution in [2.75, 3.05) is 22.6 Å². The van der Waals surface area contributed by atoms with Crippen LogP contribution in [0.1, 0.15) is 25.7 Å². The molecule has 1 N–H and O–H groups in total. The van der Waals surface area contributed by atoms with Crippen LogP contribution in [-0.2, 0) is 4.79 Å². The van der Waals surface area contributed by atoms with Crippen molar-refractivity contribution in [2.24, 2.45) is 0 Å². The molecular formula is C18H19ClFN3O3S2. The summed E-state index contributed by atoms with van der Waals surface area (Å²) >= 11 is 8.65. The number of amides is 2. The Balaban J connectivity index is 1.85. The number of carboxylic acids is 1. The number of hydrogen-bond acceptors (Lipinski definition) is 5. The quantitative estimate of drug-likeness (QED) is 0.627. The Labute approximate surface area is 175 Å². The van der Waals surface area contributed by atoms with Gasteiger partial charge in [-0.05, 0) is 31.0 Å². The largest absolute Gasteiger partial charge is 0.481 e. The normalized spacial score (nSPS) is 14.2. The third-order valence-corrected chi connectivity index (χ3v) is 7.01. The Hall–Kier alpha value is -1.84. The Morgan fingerprint density at radius 2 is 2.11 bits per heavy atom. The fraction of sp³-hybridized carbons (Fsp3) is 0.389. The average molecular weight is 444 g/mol. The first-order valence-corrected chi connectivity index (χ1v) is 10.9. The zero-order chi connectivity index (χ0) is 20.3. The monoisotopic (exact) mass is 443 g/mol. The van der Waals surface area contributed by atoms with Crippen LogP contribution in [-0.4, -0.2) is 40.9 Å². The van der Waals surface area contributed by atoms with Crippen LogP contribution < -0.4 is 9.80 Å². The molecule has 6 nitrogen and oxygen atoms in total. The van der Waals surface area contributed by atoms with Gasteiger partial charge < -0.3 is 5.11 Å². The summed E-state index contributed by atoms with van der Waals surface area (Å²) in [6.07, 6.45) is 5.30. The minimum atomic E-state index is -0.914. The number of benzene rings is 1. The predicted molar refractivity (Wildman–Crippen MR) is 110 cm³/mol. The zero-order valence-corrected chi connectivity index (χ0v) is 17.5. The van der Waals surface area contributed by atoms with Crippen LogP contribution in [0.5, 0.6) is 0 Å². The average Bonchev–Trinajstić information content (AvgIpc) is 3.33. The second-order valence-electron chi connectivity index (χ2n) is 6.39. The zero-order valence-electron chi connectivity index (χ0n) is 15.1. The van der Waals surface area contributed by atoms with Crippen molar-refractivity contribution >= 4 is 57.5 Å². The highest BCUT2D eigenvalue weighted by Gasteiger charge is 2.32. The van der Waals surface area contributed by atoms with Crippen molar-refractivity contribution in [3.8, 4) is 0 Å². The summed E-state index contributed by atoms with van der Waals surface area (Å²) in [6.45, 7) is 0. The third kappa shape index (κ3) is 4.76. The van der Waals surface area contributed by atoms with Crippen LogP contribution in [0.4, 0.5) is 20.0 Å². The smallest absolute Gasteiger partial charge is 0.330 e. The van der Waals surface area contributed by atoms with E-state index in [4.69, 9.17) is 16.7 Å². The van der Waals surface area contributed by atoms with Crippen LogP contribution in [0.15, 0.2) is 28.6 Å². The minimum Gasteiger partial charge on any atom is -0.481 e. The molecule has 0 atom stereocenters. The van der Waals surface area contributed by atoms with E-state index < -0.39 is 11.8 Å². The molecule has 10 heteroatoms. The standard InChI is InChI=1S/C18H19ClFN3O3S2/c1-22(17-21-9-16(28-17)27-10-15(24)25)18(26)23(12-4-2-3-5-12)14-7-6-11(20)8-13(14)19/h6-9,12H,2-5,10H2,1H3,(H,24,25). The number of carbonyl (C=O) groups excluding carboxylic acids is 1. The van der Waals surface area contributed by atoms with Crippen molar-refractivity contribution in [1.29, 1.82) is 0 Å². The van der Waals surface area contributed by atoms with Gasteiger partial charge in [0.1, 0.15) is 5.82 Å². The fourth-order valence-electron chi connectivity index (χ4n) is 3.14. The van der Waals surface area contributed by atoms with E-state index in [1.165, 1.54) is 34.4 Å². The molecule has 1 fully saturated rings. The van der Waals surface area contributed by atoms with E-state index in [1.807, 2.05) is 0 Å². The molecule has 1 aromatic heterocycles. The first-order valence-electron chi connectivity index (χ1n) is 8.69. The summed E-state index contributed by atoms with van der Waals surface area (Å²) in [6, 6.07) is 3.71. The maximum Gasteiger partial charge on any atom is 0.330 e. The number of anilines is 2. The van der Waals surface area contributed by atoms with Gasteiger partial charge in [-0.1, -0.05) is 35.8 Å². The molecule has 3 rings (SSSR count). The summed E-state index contributed by atoms with van der Waals surface area (Å²) in [5.74, 6) is -1.44. The maximum atomic E-state index is 13.5. The van der Waals surface area contributed by atoms with Gasteiger partial charge in [-0.25, -0.2) is 14.2 Å². The number of rotatable bonds is 6. The number of hydrogen-bond donors (Lipinski definition) is 1. The number of urea groups is 1. The van der Waals surface area contributed by atoms with Crippen LogP contribution in [0.25, 0.3) is 0 Å². The number of thioether (sulfide) groups is 1. The molecule has 0 spiro atoms. The number of carbonyl (C=O) groups is 2. The number of aliphatic carboxylic acids is 1. The second kappa shape index (κ2) is 9.11. The van der Waals surface area contributed by atoms with Gasteiger partial charge in [0.05, 0.1) is 26.9 Å². The first-order chi connectivity index (χ1) is 13.4. The Bertz CT molecular complexity index is 874. The molecule has 2 aromatic rings. The van der Waals surface area contributed by atoms with Crippen molar-refractivity contribution in [3.63, 3.8) is 0 Å². The molecule has 0 saturated heterocycles. The molecule has 1 heterocycles. The number of halogens is 2. The van der Waals surface area contributed by atoms with E-state index in [0.717, 1.165) is 37.4 Å². The molecule has 28 heavy (non-hydrogen) atoms. The highest BCUT2D eigenvalue weighted by atomic mass is 35.5. The summed E-state index contributed by atoms with van der Waals surface area (Å²) in [5, 5.41) is 9.44. The number of thiazole rings is 1. The second-order valence-corrected chi connectivity index (χ2v) is 9.08. The van der Waals surface area contributed by atoms with Gasteiger partial charge in [0.15, 0.2) is 5.13 Å². The lowest BCUT2D eigenvalue weighted by Gasteiger charge is -2.32. The van der Waals surface area contributed by atoms with Gasteiger partial charge in [-0.2, -0.15) is 0 Å². The van der Waals surface area contributed by atoms with Crippen LogP contribution in [0.3, 0.4) is 0 Å². The minimum absolute atomic E-state index is 0.0151. The van der Waals surface area contributed by atoms with E-state index in [1.54, 1.807) is 18.1 Å². The van der Waals surface area contributed by atoms with Gasteiger partial charge in [0.25, 0.3) is 0 Å². The molecule has 1 aliphatic rings. The number of nitrogens with zero attached hydrogens (tertiary/aromatic N) is 3. The van der Waals surface area contributed by atoms with E-state index in [-0.39, 0.29) is 22.8 Å². The number of aromatic nitrogens is 1. The van der Waals surface area contributed by atoms with E-state index in [0.29, 0.717) is 15.0 Å². The molecule has 0 bridgehead atoms. The summed E-state index contributed by atoms with van der Waals surface area (Å²) in [7, 11) is 1.62. The van der Waals surface area contributed by atoms with E-state index in [9.17, 15) is 14.0 Å². The summed E-state index contributed by atoms with van der Waals surface area (Å²) in [5.41, 5.74) is 0.476. The van der Waals surface area contributed by atoms with Gasteiger partial charge >= 0.3 is 12.0 Å². The Kier molecular flexibility index (Phi) is 6.79. The van der Waals surface area contributed by atoms with Crippen LogP contribution in [0, 0.1) is 5.82 Å². The maximum absolute atomic E-state index is 13.5. The van der Waals surface area contributed by atoms with Crippen molar-refractivity contribution < 1.29 is 19.1 Å².